The minimum atomic E-state index is 0.384. The SMILES string of the molecule is CCC1CCC(C(N)C2CCCc3ccccc32)CC1. The fraction of sp³-hybridized carbons (Fsp3) is 0.684. The molecule has 20 heavy (non-hydrogen) atoms. The predicted octanol–water partition coefficient (Wildman–Crippen LogP) is 4.65. The fourth-order valence-electron chi connectivity index (χ4n) is 4.50. The molecule has 2 aliphatic rings. The van der Waals surface area contributed by atoms with Gasteiger partial charge in [-0.25, -0.2) is 0 Å². The van der Waals surface area contributed by atoms with Gasteiger partial charge in [-0.3, -0.25) is 0 Å². The van der Waals surface area contributed by atoms with Crippen molar-refractivity contribution in [3.63, 3.8) is 0 Å². The van der Waals surface area contributed by atoms with E-state index in [9.17, 15) is 0 Å². The summed E-state index contributed by atoms with van der Waals surface area (Å²) in [6, 6.07) is 9.39. The Balaban J connectivity index is 1.71. The fourth-order valence-corrected chi connectivity index (χ4v) is 4.50. The Morgan fingerprint density at radius 1 is 1.10 bits per heavy atom. The zero-order chi connectivity index (χ0) is 13.9. The molecule has 0 bridgehead atoms. The summed E-state index contributed by atoms with van der Waals surface area (Å²) in [5.74, 6) is 2.34. The molecule has 110 valence electrons. The quantitative estimate of drug-likeness (QED) is 0.851. The molecule has 1 saturated carbocycles. The van der Waals surface area contributed by atoms with Gasteiger partial charge in [-0.2, -0.15) is 0 Å². The topological polar surface area (TPSA) is 26.0 Å². The summed E-state index contributed by atoms with van der Waals surface area (Å²) < 4.78 is 0. The molecule has 1 aromatic carbocycles. The van der Waals surface area contributed by atoms with Gasteiger partial charge >= 0.3 is 0 Å². The van der Waals surface area contributed by atoms with Gasteiger partial charge in [0.05, 0.1) is 0 Å². The van der Waals surface area contributed by atoms with Crippen molar-refractivity contribution in [1.29, 1.82) is 0 Å². The van der Waals surface area contributed by atoms with Crippen LogP contribution in [0.5, 0.6) is 0 Å². The highest BCUT2D eigenvalue weighted by Crippen LogP contribution is 2.40. The maximum Gasteiger partial charge on any atom is 0.0136 e. The molecule has 0 spiro atoms. The number of rotatable bonds is 3. The Hall–Kier alpha value is -0.820. The van der Waals surface area contributed by atoms with Crippen LogP contribution < -0.4 is 5.73 Å². The number of nitrogens with two attached hydrogens (primary N) is 1. The van der Waals surface area contributed by atoms with Crippen LogP contribution in [0.2, 0.25) is 0 Å². The van der Waals surface area contributed by atoms with Crippen LogP contribution in [0.3, 0.4) is 0 Å². The normalized spacial score (nSPS) is 31.6. The monoisotopic (exact) mass is 271 g/mol. The zero-order valence-electron chi connectivity index (χ0n) is 12.9. The minimum absolute atomic E-state index is 0.384. The van der Waals surface area contributed by atoms with Gasteiger partial charge in [-0.05, 0) is 61.0 Å². The largest absolute Gasteiger partial charge is 0.327 e. The molecule has 2 atom stereocenters. The Morgan fingerprint density at radius 3 is 2.60 bits per heavy atom. The van der Waals surface area contributed by atoms with Gasteiger partial charge in [0.15, 0.2) is 0 Å². The van der Waals surface area contributed by atoms with Gasteiger partial charge in [0.1, 0.15) is 0 Å². The van der Waals surface area contributed by atoms with E-state index >= 15 is 0 Å². The lowest BCUT2D eigenvalue weighted by molar-refractivity contribution is 0.217. The van der Waals surface area contributed by atoms with E-state index in [4.69, 9.17) is 5.73 Å². The van der Waals surface area contributed by atoms with Crippen LogP contribution in [0.4, 0.5) is 0 Å². The van der Waals surface area contributed by atoms with E-state index in [1.54, 1.807) is 11.1 Å². The van der Waals surface area contributed by atoms with Crippen molar-refractivity contribution in [2.45, 2.75) is 70.3 Å². The summed E-state index contributed by atoms with van der Waals surface area (Å²) in [4.78, 5) is 0. The third-order valence-corrected chi connectivity index (χ3v) is 5.89. The Kier molecular flexibility index (Phi) is 4.45. The molecule has 1 aromatic rings. The number of hydrogen-bond donors (Lipinski definition) is 1. The van der Waals surface area contributed by atoms with Gasteiger partial charge in [0, 0.05) is 6.04 Å². The van der Waals surface area contributed by atoms with Crippen molar-refractivity contribution in [1.82, 2.24) is 0 Å². The Labute approximate surface area is 124 Å². The van der Waals surface area contributed by atoms with Crippen molar-refractivity contribution in [2.75, 3.05) is 0 Å². The molecule has 0 aliphatic heterocycles. The standard InChI is InChI=1S/C19H29N/c1-2-14-10-12-16(13-11-14)19(20)18-9-5-7-15-6-3-4-8-17(15)18/h3-4,6,8,14,16,18-19H,2,5,7,9-13,20H2,1H3. The zero-order valence-corrected chi connectivity index (χ0v) is 12.9. The molecular formula is C19H29N. The molecule has 0 saturated heterocycles. The van der Waals surface area contributed by atoms with E-state index in [0.29, 0.717) is 12.0 Å². The summed E-state index contributed by atoms with van der Waals surface area (Å²) in [6.45, 7) is 2.34. The highest BCUT2D eigenvalue weighted by molar-refractivity contribution is 5.33. The highest BCUT2D eigenvalue weighted by Gasteiger charge is 2.32. The number of aryl methyl sites for hydroxylation is 1. The Bertz CT molecular complexity index is 431. The summed E-state index contributed by atoms with van der Waals surface area (Å²) >= 11 is 0. The van der Waals surface area contributed by atoms with E-state index in [-0.39, 0.29) is 0 Å². The lowest BCUT2D eigenvalue weighted by atomic mass is 9.70. The van der Waals surface area contributed by atoms with Crippen molar-refractivity contribution in [3.05, 3.63) is 35.4 Å². The smallest absolute Gasteiger partial charge is 0.0136 e. The first-order valence-electron chi connectivity index (χ1n) is 8.63. The number of benzene rings is 1. The van der Waals surface area contributed by atoms with Gasteiger partial charge in [0.2, 0.25) is 0 Å². The minimum Gasteiger partial charge on any atom is -0.327 e. The third-order valence-electron chi connectivity index (χ3n) is 5.89. The molecule has 1 nitrogen and oxygen atoms in total. The van der Waals surface area contributed by atoms with Gasteiger partial charge < -0.3 is 5.73 Å². The second-order valence-corrected chi connectivity index (χ2v) is 6.96. The maximum absolute atomic E-state index is 6.72. The highest BCUT2D eigenvalue weighted by atomic mass is 14.7. The van der Waals surface area contributed by atoms with Crippen LogP contribution in [-0.2, 0) is 6.42 Å². The van der Waals surface area contributed by atoms with Crippen molar-refractivity contribution in [2.24, 2.45) is 17.6 Å². The first kappa shape index (κ1) is 14.1. The average Bonchev–Trinajstić information content (AvgIpc) is 2.54. The first-order chi connectivity index (χ1) is 9.79. The van der Waals surface area contributed by atoms with Crippen molar-refractivity contribution < 1.29 is 0 Å². The third kappa shape index (κ3) is 2.79. The molecule has 0 radical (unpaired) electrons. The van der Waals surface area contributed by atoms with E-state index in [0.717, 1.165) is 11.8 Å². The summed E-state index contributed by atoms with van der Waals surface area (Å²) in [5, 5.41) is 0. The van der Waals surface area contributed by atoms with Gasteiger partial charge in [-0.15, -0.1) is 0 Å². The summed E-state index contributed by atoms with van der Waals surface area (Å²) in [6.07, 6.45) is 10.8. The maximum atomic E-state index is 6.72. The molecule has 2 aliphatic carbocycles. The average molecular weight is 271 g/mol. The van der Waals surface area contributed by atoms with Crippen molar-refractivity contribution in [3.8, 4) is 0 Å². The lowest BCUT2D eigenvalue weighted by Crippen LogP contribution is -2.39. The Morgan fingerprint density at radius 2 is 1.85 bits per heavy atom. The van der Waals surface area contributed by atoms with Crippen LogP contribution in [0, 0.1) is 11.8 Å². The van der Waals surface area contributed by atoms with Crippen LogP contribution in [0.15, 0.2) is 24.3 Å². The first-order valence-corrected chi connectivity index (χ1v) is 8.63. The number of fused-ring (bicyclic) bond motifs is 1. The molecule has 0 amide bonds. The number of hydrogen-bond acceptors (Lipinski definition) is 1. The second kappa shape index (κ2) is 6.30. The van der Waals surface area contributed by atoms with E-state index in [1.807, 2.05) is 0 Å². The summed E-state index contributed by atoms with van der Waals surface area (Å²) in [5.41, 5.74) is 9.84. The lowest BCUT2D eigenvalue weighted by Gasteiger charge is -2.38. The molecule has 0 heterocycles. The van der Waals surface area contributed by atoms with Crippen LogP contribution in [0.25, 0.3) is 0 Å². The predicted molar refractivity (Wildman–Crippen MR) is 85.8 cm³/mol. The van der Waals surface area contributed by atoms with Crippen LogP contribution >= 0.6 is 0 Å². The molecule has 1 heteroatoms. The van der Waals surface area contributed by atoms with Crippen LogP contribution in [-0.4, -0.2) is 6.04 Å². The van der Waals surface area contributed by atoms with Crippen LogP contribution in [0.1, 0.15) is 68.9 Å². The molecule has 3 rings (SSSR count). The van der Waals surface area contributed by atoms with E-state index < -0.39 is 0 Å². The van der Waals surface area contributed by atoms with E-state index in [2.05, 4.69) is 31.2 Å². The van der Waals surface area contributed by atoms with Gasteiger partial charge in [0.25, 0.3) is 0 Å². The summed E-state index contributed by atoms with van der Waals surface area (Å²) in [7, 11) is 0. The van der Waals surface area contributed by atoms with E-state index in [1.165, 1.54) is 51.4 Å². The molecule has 2 unspecified atom stereocenters. The van der Waals surface area contributed by atoms with Gasteiger partial charge in [-0.1, -0.05) is 50.5 Å². The molecule has 1 fully saturated rings. The molecular weight excluding hydrogens is 242 g/mol. The molecule has 2 N–H and O–H groups in total. The second-order valence-electron chi connectivity index (χ2n) is 6.96. The molecule has 0 aromatic heterocycles. The van der Waals surface area contributed by atoms with Crippen molar-refractivity contribution >= 4 is 0 Å².